The molecule has 0 amide bonds. The van der Waals surface area contributed by atoms with Gasteiger partial charge in [-0.3, -0.25) is 0 Å². The van der Waals surface area contributed by atoms with Crippen molar-refractivity contribution in [2.24, 2.45) is 0 Å². The van der Waals surface area contributed by atoms with E-state index in [9.17, 15) is 14.7 Å². The number of esters is 1. The first-order valence-corrected chi connectivity index (χ1v) is 13.7. The Kier molecular flexibility index (Phi) is 11.2. The molecule has 1 atom stereocenters. The van der Waals surface area contributed by atoms with Crippen molar-refractivity contribution in [3.63, 3.8) is 0 Å². The van der Waals surface area contributed by atoms with Crippen LogP contribution in [-0.2, 0) is 40.4 Å². The van der Waals surface area contributed by atoms with Crippen molar-refractivity contribution in [3.8, 4) is 23.0 Å². The molecule has 0 saturated carbocycles. The molecule has 0 heterocycles. The fourth-order valence-corrected chi connectivity index (χ4v) is 4.25. The van der Waals surface area contributed by atoms with Gasteiger partial charge in [-0.25, -0.2) is 9.59 Å². The monoisotopic (exact) mass is 582 g/mol. The first-order chi connectivity index (χ1) is 20.9. The van der Waals surface area contributed by atoms with Gasteiger partial charge in [-0.15, -0.1) is 0 Å². The van der Waals surface area contributed by atoms with Crippen molar-refractivity contribution in [1.82, 2.24) is 0 Å². The van der Waals surface area contributed by atoms with Gasteiger partial charge in [0.2, 0.25) is 6.10 Å². The third kappa shape index (κ3) is 9.39. The van der Waals surface area contributed by atoms with Crippen molar-refractivity contribution in [2.75, 3.05) is 14.2 Å². The lowest BCUT2D eigenvalue weighted by Crippen LogP contribution is -2.28. The van der Waals surface area contributed by atoms with E-state index in [1.165, 1.54) is 20.3 Å². The quantitative estimate of drug-likeness (QED) is 0.131. The maximum atomic E-state index is 12.5. The van der Waals surface area contributed by atoms with E-state index in [0.29, 0.717) is 48.2 Å². The van der Waals surface area contributed by atoms with Gasteiger partial charge in [0.15, 0.2) is 23.0 Å². The van der Waals surface area contributed by atoms with Crippen molar-refractivity contribution in [2.45, 2.75) is 32.2 Å². The number of benzene rings is 4. The number of hydrogen-bond acceptors (Lipinski definition) is 7. The summed E-state index contributed by atoms with van der Waals surface area (Å²) in [5.41, 5.74) is 3.55. The predicted octanol–water partition coefficient (Wildman–Crippen LogP) is 6.20. The van der Waals surface area contributed by atoms with E-state index >= 15 is 0 Å². The fourth-order valence-electron chi connectivity index (χ4n) is 4.25. The van der Waals surface area contributed by atoms with Crippen LogP contribution in [0.4, 0.5) is 0 Å². The van der Waals surface area contributed by atoms with Gasteiger partial charge < -0.3 is 28.8 Å². The average Bonchev–Trinajstić information content (AvgIpc) is 3.03. The van der Waals surface area contributed by atoms with Crippen molar-refractivity contribution >= 4 is 11.9 Å². The van der Waals surface area contributed by atoms with Gasteiger partial charge in [0.25, 0.3) is 0 Å². The largest absolute Gasteiger partial charge is 0.493 e. The molecular weight excluding hydrogens is 548 g/mol. The summed E-state index contributed by atoms with van der Waals surface area (Å²) in [6, 6.07) is 30.3. The maximum Gasteiger partial charge on any atom is 0.345 e. The maximum absolute atomic E-state index is 12.5. The molecule has 8 heteroatoms. The zero-order chi connectivity index (χ0) is 30.4. The Morgan fingerprint density at radius 3 is 1.84 bits per heavy atom. The normalized spacial score (nSPS) is 11.5. The molecule has 43 heavy (non-hydrogen) atoms. The van der Waals surface area contributed by atoms with Crippen LogP contribution in [0.1, 0.15) is 22.3 Å². The summed E-state index contributed by atoms with van der Waals surface area (Å²) in [6.07, 6.45) is 1.85. The van der Waals surface area contributed by atoms with Gasteiger partial charge in [-0.05, 0) is 52.9 Å². The van der Waals surface area contributed by atoms with E-state index in [1.807, 2.05) is 78.9 Å². The van der Waals surface area contributed by atoms with Crippen LogP contribution >= 0.6 is 0 Å². The van der Waals surface area contributed by atoms with E-state index in [2.05, 4.69) is 0 Å². The first kappa shape index (κ1) is 30.7. The predicted molar refractivity (Wildman–Crippen MR) is 162 cm³/mol. The second-order valence-corrected chi connectivity index (χ2v) is 9.59. The molecule has 4 rings (SSSR count). The Hall–Kier alpha value is -5.24. The minimum Gasteiger partial charge on any atom is -0.493 e. The van der Waals surface area contributed by atoms with Crippen molar-refractivity contribution < 1.29 is 38.4 Å². The highest BCUT2D eigenvalue weighted by molar-refractivity contribution is 5.85. The third-order valence-electron chi connectivity index (χ3n) is 6.49. The fraction of sp³-hybridized carbons (Fsp3) is 0.200. The zero-order valence-corrected chi connectivity index (χ0v) is 24.1. The SMILES string of the molecule is COc1ccc(CC(OC(=O)/C=C/Cc2ccc(OCc3ccccc3)c(OCc3ccccc3)c2)C(=O)O)cc1OC. The summed E-state index contributed by atoms with van der Waals surface area (Å²) >= 11 is 0. The van der Waals surface area contributed by atoms with E-state index < -0.39 is 18.0 Å². The molecule has 0 bridgehead atoms. The molecule has 4 aromatic carbocycles. The number of methoxy groups -OCH3 is 2. The number of ether oxygens (including phenoxy) is 5. The van der Waals surface area contributed by atoms with Gasteiger partial charge >= 0.3 is 11.9 Å². The molecule has 4 aromatic rings. The van der Waals surface area contributed by atoms with Crippen LogP contribution in [0.15, 0.2) is 109 Å². The highest BCUT2D eigenvalue weighted by Gasteiger charge is 2.22. The van der Waals surface area contributed by atoms with Crippen LogP contribution in [0.2, 0.25) is 0 Å². The summed E-state index contributed by atoms with van der Waals surface area (Å²) in [5, 5.41) is 9.64. The Morgan fingerprint density at radius 1 is 0.674 bits per heavy atom. The lowest BCUT2D eigenvalue weighted by molar-refractivity contribution is -0.160. The minimum atomic E-state index is -1.37. The number of aliphatic carboxylic acids is 1. The third-order valence-corrected chi connectivity index (χ3v) is 6.49. The molecule has 1 N–H and O–H groups in total. The molecule has 1 unspecified atom stereocenters. The van der Waals surface area contributed by atoms with Gasteiger partial charge in [-0.2, -0.15) is 0 Å². The van der Waals surface area contributed by atoms with Crippen LogP contribution < -0.4 is 18.9 Å². The Morgan fingerprint density at radius 2 is 1.23 bits per heavy atom. The molecule has 0 radical (unpaired) electrons. The van der Waals surface area contributed by atoms with Crippen molar-refractivity contribution in [1.29, 1.82) is 0 Å². The molecule has 0 fully saturated rings. The smallest absolute Gasteiger partial charge is 0.345 e. The van der Waals surface area contributed by atoms with Crippen LogP contribution in [0.3, 0.4) is 0 Å². The van der Waals surface area contributed by atoms with Gasteiger partial charge in [0, 0.05) is 12.5 Å². The number of allylic oxidation sites excluding steroid dienone is 1. The number of carbonyl (C=O) groups is 2. The highest BCUT2D eigenvalue weighted by atomic mass is 16.6. The summed E-state index contributed by atoms with van der Waals surface area (Å²) in [7, 11) is 3.00. The molecule has 0 spiro atoms. The topological polar surface area (TPSA) is 101 Å². The highest BCUT2D eigenvalue weighted by Crippen LogP contribution is 2.31. The van der Waals surface area contributed by atoms with E-state index in [4.69, 9.17) is 23.7 Å². The van der Waals surface area contributed by atoms with Gasteiger partial charge in [-0.1, -0.05) is 78.9 Å². The molecule has 0 saturated heterocycles. The zero-order valence-electron chi connectivity index (χ0n) is 24.1. The Labute approximate surface area is 251 Å². The number of carboxylic acid groups (broad SMARTS) is 1. The molecule has 0 aliphatic carbocycles. The lowest BCUT2D eigenvalue weighted by atomic mass is 10.1. The van der Waals surface area contributed by atoms with Crippen LogP contribution in [0.5, 0.6) is 23.0 Å². The molecule has 8 nitrogen and oxygen atoms in total. The molecule has 0 aromatic heterocycles. The molecular formula is C35H34O8. The van der Waals surface area contributed by atoms with E-state index in [0.717, 1.165) is 16.7 Å². The second-order valence-electron chi connectivity index (χ2n) is 9.59. The van der Waals surface area contributed by atoms with Gasteiger partial charge in [0.05, 0.1) is 14.2 Å². The summed E-state index contributed by atoms with van der Waals surface area (Å²) in [4.78, 5) is 24.3. The Balaban J connectivity index is 1.40. The van der Waals surface area contributed by atoms with E-state index in [-0.39, 0.29) is 6.42 Å². The minimum absolute atomic E-state index is 0.0260. The molecule has 0 aliphatic heterocycles. The van der Waals surface area contributed by atoms with E-state index in [1.54, 1.807) is 24.3 Å². The van der Waals surface area contributed by atoms with Crippen molar-refractivity contribution in [3.05, 3.63) is 131 Å². The first-order valence-electron chi connectivity index (χ1n) is 13.7. The van der Waals surface area contributed by atoms with Crippen LogP contribution in [-0.4, -0.2) is 37.4 Å². The summed E-state index contributed by atoms with van der Waals surface area (Å²) in [6.45, 7) is 0.756. The van der Waals surface area contributed by atoms with Gasteiger partial charge in [0.1, 0.15) is 13.2 Å². The average molecular weight is 583 g/mol. The number of carbonyl (C=O) groups excluding carboxylic acids is 1. The standard InChI is InChI=1S/C35H34O8/c1-39-29-18-17-28(21-31(29)40-2)22-33(35(37)38)43-34(36)15-9-14-25-16-19-30(41-23-26-10-5-3-6-11-26)32(20-25)42-24-27-12-7-4-8-13-27/h3-13,15-21,33H,14,22-24H2,1-2H3,(H,37,38)/b15-9+. The number of rotatable bonds is 15. The summed E-state index contributed by atoms with van der Waals surface area (Å²) in [5.74, 6) is 0.154. The lowest BCUT2D eigenvalue weighted by Gasteiger charge is -2.15. The summed E-state index contributed by atoms with van der Waals surface area (Å²) < 4.78 is 27.9. The van der Waals surface area contributed by atoms with Crippen LogP contribution in [0, 0.1) is 0 Å². The second kappa shape index (κ2) is 15.7. The van der Waals surface area contributed by atoms with Crippen LogP contribution in [0.25, 0.3) is 0 Å². The molecule has 0 aliphatic rings. The Bertz CT molecular complexity index is 1520. The number of carboxylic acids is 1. The molecule has 222 valence electrons. The number of hydrogen-bond donors (Lipinski definition) is 1.